The molecule has 1 aromatic carbocycles. The van der Waals surface area contributed by atoms with Crippen molar-refractivity contribution < 1.29 is 31.8 Å². The average Bonchev–Trinajstić information content (AvgIpc) is 2.16. The van der Waals surface area contributed by atoms with E-state index < -0.39 is 19.0 Å². The highest BCUT2D eigenvalue weighted by Crippen LogP contribution is 2.26. The van der Waals surface area contributed by atoms with Crippen molar-refractivity contribution in [3.8, 4) is 11.5 Å². The van der Waals surface area contributed by atoms with Gasteiger partial charge in [-0.2, -0.15) is 17.6 Å². The maximum Gasteiger partial charge on any atom is 0.387 e. The Balaban J connectivity index is 2.96. The van der Waals surface area contributed by atoms with Crippen LogP contribution in [0.4, 0.5) is 17.6 Å². The van der Waals surface area contributed by atoms with Crippen molar-refractivity contribution in [2.45, 2.75) is 13.2 Å². The maximum absolute atomic E-state index is 11.9. The molecule has 0 atom stereocenters. The van der Waals surface area contributed by atoms with Crippen LogP contribution in [-0.4, -0.2) is 19.5 Å². The largest absolute Gasteiger partial charge is 0.435 e. The van der Waals surface area contributed by atoms with Crippen molar-refractivity contribution in [1.82, 2.24) is 0 Å². The molecule has 88 valence electrons. The number of rotatable bonds is 5. The first kappa shape index (κ1) is 12.3. The first-order chi connectivity index (χ1) is 7.52. The molecule has 0 unspecified atom stereocenters. The molecule has 0 bridgehead atoms. The van der Waals surface area contributed by atoms with Crippen molar-refractivity contribution >= 4 is 6.29 Å². The van der Waals surface area contributed by atoms with E-state index in [2.05, 4.69) is 9.47 Å². The molecular weight excluding hydrogens is 232 g/mol. The number of hydrogen-bond acceptors (Lipinski definition) is 3. The van der Waals surface area contributed by atoms with Gasteiger partial charge in [0.15, 0.2) is 6.29 Å². The second-order valence-corrected chi connectivity index (χ2v) is 2.57. The van der Waals surface area contributed by atoms with E-state index in [0.717, 1.165) is 18.2 Å². The third kappa shape index (κ3) is 3.41. The normalized spacial score (nSPS) is 10.6. The van der Waals surface area contributed by atoms with E-state index in [4.69, 9.17) is 0 Å². The first-order valence-corrected chi connectivity index (χ1v) is 4.01. The lowest BCUT2D eigenvalue weighted by atomic mass is 10.2. The Kier molecular flexibility index (Phi) is 4.10. The van der Waals surface area contributed by atoms with Gasteiger partial charge >= 0.3 is 13.2 Å². The molecule has 0 heterocycles. The fourth-order valence-electron chi connectivity index (χ4n) is 0.986. The number of carbonyl (C=O) groups excluding carboxylic acids is 1. The summed E-state index contributed by atoms with van der Waals surface area (Å²) in [7, 11) is 0. The zero-order valence-corrected chi connectivity index (χ0v) is 7.70. The van der Waals surface area contributed by atoms with Crippen LogP contribution in [0, 0.1) is 0 Å². The van der Waals surface area contributed by atoms with Crippen molar-refractivity contribution in [2.75, 3.05) is 0 Å². The Morgan fingerprint density at radius 3 is 2.19 bits per heavy atom. The molecule has 7 heteroatoms. The highest BCUT2D eigenvalue weighted by atomic mass is 19.3. The van der Waals surface area contributed by atoms with Gasteiger partial charge in [0.1, 0.15) is 11.5 Å². The summed E-state index contributed by atoms with van der Waals surface area (Å²) in [6, 6.07) is 2.89. The van der Waals surface area contributed by atoms with E-state index in [0.29, 0.717) is 0 Å². The summed E-state index contributed by atoms with van der Waals surface area (Å²) >= 11 is 0. The minimum absolute atomic E-state index is 0.179. The summed E-state index contributed by atoms with van der Waals surface area (Å²) in [6.45, 7) is -6.23. The van der Waals surface area contributed by atoms with Crippen molar-refractivity contribution in [1.29, 1.82) is 0 Å². The standard InChI is InChI=1S/C9H6F4O3/c10-8(11)15-6-2-1-5(4-14)7(3-6)16-9(12)13/h1-4,8-9H. The van der Waals surface area contributed by atoms with Crippen LogP contribution >= 0.6 is 0 Å². The topological polar surface area (TPSA) is 35.5 Å². The monoisotopic (exact) mass is 238 g/mol. The van der Waals surface area contributed by atoms with Crippen LogP contribution in [0.15, 0.2) is 18.2 Å². The second-order valence-electron chi connectivity index (χ2n) is 2.57. The van der Waals surface area contributed by atoms with Gasteiger partial charge in [-0.15, -0.1) is 0 Å². The minimum atomic E-state index is -3.15. The summed E-state index contributed by atoms with van der Waals surface area (Å²) < 4.78 is 55.4. The molecule has 0 fully saturated rings. The zero-order valence-electron chi connectivity index (χ0n) is 7.70. The Bertz CT molecular complexity index is 368. The minimum Gasteiger partial charge on any atom is -0.435 e. The smallest absolute Gasteiger partial charge is 0.387 e. The summed E-state index contributed by atoms with van der Waals surface area (Å²) in [5.74, 6) is -0.876. The van der Waals surface area contributed by atoms with E-state index >= 15 is 0 Å². The molecule has 1 aromatic rings. The van der Waals surface area contributed by atoms with Crippen molar-refractivity contribution in [3.63, 3.8) is 0 Å². The second kappa shape index (κ2) is 5.34. The number of ether oxygens (including phenoxy) is 2. The molecule has 0 saturated carbocycles. The molecule has 0 amide bonds. The molecule has 0 N–H and O–H groups in total. The summed E-state index contributed by atoms with van der Waals surface area (Å²) in [5, 5.41) is 0. The van der Waals surface area contributed by atoms with Crippen LogP contribution in [0.25, 0.3) is 0 Å². The predicted molar refractivity (Wildman–Crippen MR) is 45.1 cm³/mol. The van der Waals surface area contributed by atoms with Gasteiger partial charge < -0.3 is 9.47 Å². The molecule has 0 spiro atoms. The highest BCUT2D eigenvalue weighted by Gasteiger charge is 2.12. The van der Waals surface area contributed by atoms with Crippen LogP contribution in [0.1, 0.15) is 10.4 Å². The molecule has 0 aliphatic carbocycles. The van der Waals surface area contributed by atoms with Gasteiger partial charge in [0.2, 0.25) is 0 Å². The van der Waals surface area contributed by atoms with Gasteiger partial charge in [0.25, 0.3) is 0 Å². The van der Waals surface area contributed by atoms with Gasteiger partial charge in [-0.3, -0.25) is 4.79 Å². The fraction of sp³-hybridized carbons (Fsp3) is 0.222. The van der Waals surface area contributed by atoms with Gasteiger partial charge in [0, 0.05) is 6.07 Å². The van der Waals surface area contributed by atoms with Crippen molar-refractivity contribution in [3.05, 3.63) is 23.8 Å². The van der Waals surface area contributed by atoms with Crippen LogP contribution in [-0.2, 0) is 0 Å². The van der Waals surface area contributed by atoms with E-state index in [-0.39, 0.29) is 17.6 Å². The summed E-state index contributed by atoms with van der Waals surface area (Å²) in [5.41, 5.74) is -0.179. The molecule has 0 aromatic heterocycles. The van der Waals surface area contributed by atoms with E-state index in [9.17, 15) is 22.4 Å². The highest BCUT2D eigenvalue weighted by molar-refractivity contribution is 5.79. The number of halogens is 4. The number of alkyl halides is 4. The quantitative estimate of drug-likeness (QED) is 0.584. The van der Waals surface area contributed by atoms with Crippen molar-refractivity contribution in [2.24, 2.45) is 0 Å². The lowest BCUT2D eigenvalue weighted by Crippen LogP contribution is -2.06. The van der Waals surface area contributed by atoms with Gasteiger partial charge in [-0.05, 0) is 12.1 Å². The van der Waals surface area contributed by atoms with Crippen LogP contribution in [0.3, 0.4) is 0 Å². The first-order valence-electron chi connectivity index (χ1n) is 4.01. The average molecular weight is 238 g/mol. The van der Waals surface area contributed by atoms with Crippen LogP contribution < -0.4 is 9.47 Å². The molecule has 16 heavy (non-hydrogen) atoms. The number of carbonyl (C=O) groups is 1. The Morgan fingerprint density at radius 1 is 1.06 bits per heavy atom. The van der Waals surface area contributed by atoms with Gasteiger partial charge in [-0.1, -0.05) is 0 Å². The molecule has 1 rings (SSSR count). The molecule has 0 radical (unpaired) electrons. The SMILES string of the molecule is O=Cc1ccc(OC(F)F)cc1OC(F)F. The van der Waals surface area contributed by atoms with Gasteiger partial charge in [0.05, 0.1) is 5.56 Å². The fourth-order valence-corrected chi connectivity index (χ4v) is 0.986. The predicted octanol–water partition coefficient (Wildman–Crippen LogP) is 2.70. The Morgan fingerprint density at radius 2 is 1.69 bits per heavy atom. The lowest BCUT2D eigenvalue weighted by molar-refractivity contribution is -0.0543. The number of benzene rings is 1. The molecule has 0 aliphatic heterocycles. The van der Waals surface area contributed by atoms with E-state index in [1.165, 1.54) is 0 Å². The maximum atomic E-state index is 11.9. The van der Waals surface area contributed by atoms with E-state index in [1.54, 1.807) is 0 Å². The summed E-state index contributed by atoms with van der Waals surface area (Å²) in [4.78, 5) is 10.4. The van der Waals surface area contributed by atoms with E-state index in [1.807, 2.05) is 0 Å². The molecule has 0 aliphatic rings. The molecule has 3 nitrogen and oxygen atoms in total. The van der Waals surface area contributed by atoms with Crippen LogP contribution in [0.2, 0.25) is 0 Å². The lowest BCUT2D eigenvalue weighted by Gasteiger charge is -2.09. The Labute approximate surface area is 87.6 Å². The third-order valence-electron chi connectivity index (χ3n) is 1.55. The summed E-state index contributed by atoms with van der Waals surface area (Å²) in [6.07, 6.45) is 0.268. The number of aldehydes is 1. The molecular formula is C9H6F4O3. The molecule has 0 saturated heterocycles. The Hall–Kier alpha value is -1.79. The number of hydrogen-bond donors (Lipinski definition) is 0. The third-order valence-corrected chi connectivity index (χ3v) is 1.55. The zero-order chi connectivity index (χ0) is 12.1. The van der Waals surface area contributed by atoms with Gasteiger partial charge in [-0.25, -0.2) is 0 Å². The van der Waals surface area contributed by atoms with Crippen LogP contribution in [0.5, 0.6) is 11.5 Å².